The second-order valence-electron chi connectivity index (χ2n) is 3.74. The molecule has 0 fully saturated rings. The second-order valence-corrected chi connectivity index (χ2v) is 3.74. The van der Waals surface area contributed by atoms with Crippen LogP contribution in [0.2, 0.25) is 0 Å². The molecule has 0 aromatic heterocycles. The molecule has 0 heterocycles. The Kier molecular flexibility index (Phi) is 6.24. The number of alkyl halides is 13. The normalized spacial score (nSPS) is 15.5. The van der Waals surface area contributed by atoms with Gasteiger partial charge in [0.25, 0.3) is 0 Å². The highest BCUT2D eigenvalue weighted by molar-refractivity contribution is 5.11. The Bertz CT molecular complexity index is 443. The predicted octanol–water partition coefficient (Wildman–Crippen LogP) is 4.95. The average molecular weight is 395 g/mol. The molecule has 0 saturated carbocycles. The van der Waals surface area contributed by atoms with Crippen LogP contribution in [0.25, 0.3) is 0 Å². The highest BCUT2D eigenvalue weighted by Crippen LogP contribution is 2.44. The van der Waals surface area contributed by atoms with Crippen LogP contribution in [0, 0.1) is 0 Å². The third-order valence-electron chi connectivity index (χ3n) is 1.90. The SMILES string of the molecule is F/C(OCC(F)(F)C(F)F)=C(\N(C(F)(F)F)C(F)(F)F)C(F)(F)F. The van der Waals surface area contributed by atoms with Gasteiger partial charge in [-0.05, 0) is 0 Å². The van der Waals surface area contributed by atoms with E-state index in [4.69, 9.17) is 0 Å². The van der Waals surface area contributed by atoms with Crippen molar-refractivity contribution in [3.8, 4) is 0 Å². The minimum absolute atomic E-state index is 2.75. The molecule has 16 heteroatoms. The summed E-state index contributed by atoms with van der Waals surface area (Å²) < 4.78 is 174. The van der Waals surface area contributed by atoms with Gasteiger partial charge in [0.1, 0.15) is 0 Å². The lowest BCUT2D eigenvalue weighted by atomic mass is 10.3. The molecular weight excluding hydrogens is 392 g/mol. The third-order valence-corrected chi connectivity index (χ3v) is 1.90. The zero-order valence-corrected chi connectivity index (χ0v) is 10.4. The summed E-state index contributed by atoms with van der Waals surface area (Å²) in [6.07, 6.45) is -25.2. The Morgan fingerprint density at radius 1 is 0.792 bits per heavy atom. The van der Waals surface area contributed by atoms with E-state index in [-0.39, 0.29) is 0 Å². The molecule has 0 aliphatic rings. The zero-order chi connectivity index (χ0) is 19.7. The Morgan fingerprint density at radius 3 is 1.42 bits per heavy atom. The topological polar surface area (TPSA) is 12.5 Å². The number of nitrogens with zero attached hydrogens (tertiary/aromatic N) is 1. The lowest BCUT2D eigenvalue weighted by Gasteiger charge is -2.31. The predicted molar refractivity (Wildman–Crippen MR) is 45.0 cm³/mol. The van der Waals surface area contributed by atoms with E-state index in [1.807, 2.05) is 0 Å². The molecule has 0 amide bonds. The molecule has 0 aromatic rings. The molecule has 0 aliphatic heterocycles. The average Bonchev–Trinajstić information content (AvgIpc) is 2.28. The molecule has 0 atom stereocenters. The van der Waals surface area contributed by atoms with E-state index in [1.54, 1.807) is 0 Å². The monoisotopic (exact) mass is 395 g/mol. The van der Waals surface area contributed by atoms with Crippen molar-refractivity contribution in [2.24, 2.45) is 0 Å². The minimum Gasteiger partial charge on any atom is -0.463 e. The molecule has 0 unspecified atom stereocenters. The molecule has 24 heavy (non-hydrogen) atoms. The molecule has 2 nitrogen and oxygen atoms in total. The van der Waals surface area contributed by atoms with E-state index in [2.05, 4.69) is 4.74 Å². The van der Waals surface area contributed by atoms with Gasteiger partial charge in [-0.15, -0.1) is 26.3 Å². The van der Waals surface area contributed by atoms with E-state index in [0.29, 0.717) is 0 Å². The van der Waals surface area contributed by atoms with Crippen molar-refractivity contribution in [2.75, 3.05) is 6.61 Å². The van der Waals surface area contributed by atoms with Crippen LogP contribution < -0.4 is 0 Å². The van der Waals surface area contributed by atoms with Gasteiger partial charge < -0.3 is 4.74 Å². The first-order valence-corrected chi connectivity index (χ1v) is 5.01. The summed E-state index contributed by atoms with van der Waals surface area (Å²) >= 11 is 0. The highest BCUT2D eigenvalue weighted by atomic mass is 19.4. The molecule has 0 spiro atoms. The smallest absolute Gasteiger partial charge is 0.463 e. The van der Waals surface area contributed by atoms with Crippen LogP contribution in [0.5, 0.6) is 0 Å². The summed E-state index contributed by atoms with van der Waals surface area (Å²) in [6, 6.07) is -3.82. The van der Waals surface area contributed by atoms with Crippen molar-refractivity contribution in [3.05, 3.63) is 11.7 Å². The zero-order valence-electron chi connectivity index (χ0n) is 10.4. The number of allylic oxidation sites excluding steroid dienone is 1. The van der Waals surface area contributed by atoms with Gasteiger partial charge in [-0.2, -0.15) is 31.2 Å². The van der Waals surface area contributed by atoms with Crippen molar-refractivity contribution < 1.29 is 66.2 Å². The molecular formula is C8H3F14NO. The van der Waals surface area contributed by atoms with Gasteiger partial charge in [0.2, 0.25) is 5.70 Å². The standard InChI is InChI=1S/C8H3F14NO/c9-3(24-1-5(12,13)4(10)11)2(6(14,15)16)23(7(17,18)19)8(20,21)22/h4H,1H2/b3-2+. The van der Waals surface area contributed by atoms with E-state index in [0.717, 1.165) is 0 Å². The summed E-state index contributed by atoms with van der Waals surface area (Å²) in [5.74, 6) is -5.34. The Hall–Kier alpha value is -1.64. The number of halogens is 14. The van der Waals surface area contributed by atoms with Gasteiger partial charge in [0.05, 0.1) is 0 Å². The quantitative estimate of drug-likeness (QED) is 0.371. The number of hydrogen-bond donors (Lipinski definition) is 0. The Morgan fingerprint density at radius 2 is 1.17 bits per heavy atom. The molecule has 0 saturated heterocycles. The maximum Gasteiger partial charge on any atom is 0.492 e. The van der Waals surface area contributed by atoms with E-state index >= 15 is 0 Å². The van der Waals surface area contributed by atoms with Gasteiger partial charge in [-0.25, -0.2) is 8.78 Å². The summed E-state index contributed by atoms with van der Waals surface area (Å²) in [6.45, 7) is -2.94. The van der Waals surface area contributed by atoms with Crippen molar-refractivity contribution in [2.45, 2.75) is 31.1 Å². The number of ether oxygens (including phenoxy) is 1. The molecule has 0 aromatic carbocycles. The van der Waals surface area contributed by atoms with Crippen LogP contribution in [0.15, 0.2) is 11.7 Å². The summed E-state index contributed by atoms with van der Waals surface area (Å²) in [5.41, 5.74) is -4.19. The fraction of sp³-hybridized carbons (Fsp3) is 0.750. The number of hydrogen-bond acceptors (Lipinski definition) is 2. The van der Waals surface area contributed by atoms with Crippen LogP contribution >= 0.6 is 0 Å². The highest BCUT2D eigenvalue weighted by Gasteiger charge is 2.62. The van der Waals surface area contributed by atoms with Crippen molar-refractivity contribution in [1.82, 2.24) is 4.90 Å². The first-order valence-electron chi connectivity index (χ1n) is 5.01. The minimum atomic E-state index is -6.89. The lowest BCUT2D eigenvalue weighted by Crippen LogP contribution is -2.51. The van der Waals surface area contributed by atoms with Crippen molar-refractivity contribution >= 4 is 0 Å². The molecule has 0 radical (unpaired) electrons. The summed E-state index contributed by atoms with van der Waals surface area (Å²) in [5, 5.41) is 0. The second kappa shape index (κ2) is 6.70. The molecule has 0 aliphatic carbocycles. The van der Waals surface area contributed by atoms with Crippen LogP contribution in [-0.2, 0) is 4.74 Å². The molecule has 0 N–H and O–H groups in total. The van der Waals surface area contributed by atoms with Crippen LogP contribution in [0.3, 0.4) is 0 Å². The van der Waals surface area contributed by atoms with Crippen LogP contribution in [0.4, 0.5) is 61.5 Å². The Balaban J connectivity index is 6.01. The van der Waals surface area contributed by atoms with Gasteiger partial charge in [-0.1, -0.05) is 0 Å². The van der Waals surface area contributed by atoms with Crippen molar-refractivity contribution in [3.63, 3.8) is 0 Å². The molecule has 0 rings (SSSR count). The number of rotatable bonds is 5. The maximum atomic E-state index is 13.0. The molecule has 0 bridgehead atoms. The first kappa shape index (κ1) is 22.4. The maximum absolute atomic E-state index is 13.0. The van der Waals surface area contributed by atoms with Crippen LogP contribution in [0.1, 0.15) is 0 Å². The van der Waals surface area contributed by atoms with Gasteiger partial charge >= 0.3 is 37.1 Å². The summed E-state index contributed by atoms with van der Waals surface area (Å²) in [4.78, 5) is -3.39. The third kappa shape index (κ3) is 5.77. The lowest BCUT2D eigenvalue weighted by molar-refractivity contribution is -0.372. The fourth-order valence-corrected chi connectivity index (χ4v) is 1.01. The molecule has 144 valence electrons. The van der Waals surface area contributed by atoms with Crippen LogP contribution in [-0.4, -0.2) is 42.6 Å². The van der Waals surface area contributed by atoms with Crippen molar-refractivity contribution in [1.29, 1.82) is 0 Å². The van der Waals surface area contributed by atoms with Gasteiger partial charge in [0.15, 0.2) is 6.61 Å². The largest absolute Gasteiger partial charge is 0.492 e. The van der Waals surface area contributed by atoms with Gasteiger partial charge in [0, 0.05) is 0 Å². The summed E-state index contributed by atoms with van der Waals surface area (Å²) in [7, 11) is 0. The van der Waals surface area contributed by atoms with E-state index in [9.17, 15) is 61.5 Å². The van der Waals surface area contributed by atoms with E-state index < -0.39 is 54.3 Å². The van der Waals surface area contributed by atoms with Gasteiger partial charge in [-0.3, -0.25) is 0 Å². The fourth-order valence-electron chi connectivity index (χ4n) is 1.01. The Labute approximate surface area is 122 Å². The first-order chi connectivity index (χ1) is 10.3. The van der Waals surface area contributed by atoms with E-state index in [1.165, 1.54) is 0 Å².